The van der Waals surface area contributed by atoms with Crippen LogP contribution in [0.3, 0.4) is 0 Å². The first-order valence-corrected chi connectivity index (χ1v) is 23.5. The maximum absolute atomic E-state index is 12.4. The monoisotopic (exact) mass is 750 g/mol. The smallest absolute Gasteiger partial charge is 0.305 e. The molecule has 53 heavy (non-hydrogen) atoms. The van der Waals surface area contributed by atoms with E-state index in [1.807, 2.05) is 6.08 Å². The highest BCUT2D eigenvalue weighted by Crippen LogP contribution is 2.15. The highest BCUT2D eigenvalue weighted by molar-refractivity contribution is 5.76. The molecule has 1 amide bonds. The summed E-state index contributed by atoms with van der Waals surface area (Å²) in [5, 5.41) is 22.9. The fourth-order valence-electron chi connectivity index (χ4n) is 7.16. The molecule has 314 valence electrons. The summed E-state index contributed by atoms with van der Waals surface area (Å²) in [4.78, 5) is 24.4. The topological polar surface area (TPSA) is 95.9 Å². The molecule has 0 spiro atoms. The lowest BCUT2D eigenvalue weighted by Crippen LogP contribution is -2.45. The molecule has 0 aliphatic rings. The third-order valence-corrected chi connectivity index (χ3v) is 10.8. The first kappa shape index (κ1) is 51.6. The summed E-state index contributed by atoms with van der Waals surface area (Å²) in [6.45, 7) is 4.84. The Balaban J connectivity index is 3.50. The van der Waals surface area contributed by atoms with E-state index >= 15 is 0 Å². The molecule has 0 aromatic carbocycles. The average molecular weight is 750 g/mol. The van der Waals surface area contributed by atoms with Crippen molar-refractivity contribution >= 4 is 11.9 Å². The summed E-state index contributed by atoms with van der Waals surface area (Å²) in [5.74, 6) is -0.110. The average Bonchev–Trinajstić information content (AvgIpc) is 3.16. The van der Waals surface area contributed by atoms with Crippen LogP contribution >= 0.6 is 0 Å². The van der Waals surface area contributed by atoms with E-state index in [0.717, 1.165) is 57.8 Å². The summed E-state index contributed by atoms with van der Waals surface area (Å²) in [5.41, 5.74) is 0. The van der Waals surface area contributed by atoms with Gasteiger partial charge in [0, 0.05) is 12.8 Å². The molecule has 3 N–H and O–H groups in total. The van der Waals surface area contributed by atoms with Crippen molar-refractivity contribution in [3.8, 4) is 0 Å². The van der Waals surface area contributed by atoms with Crippen molar-refractivity contribution in [3.05, 3.63) is 12.2 Å². The van der Waals surface area contributed by atoms with Crippen molar-refractivity contribution in [2.24, 2.45) is 0 Å². The van der Waals surface area contributed by atoms with E-state index in [2.05, 4.69) is 19.2 Å². The van der Waals surface area contributed by atoms with Crippen LogP contribution in [-0.4, -0.2) is 47.4 Å². The molecule has 2 unspecified atom stereocenters. The predicted molar refractivity (Wildman–Crippen MR) is 227 cm³/mol. The summed E-state index contributed by atoms with van der Waals surface area (Å²) < 4.78 is 5.44. The molecule has 0 fully saturated rings. The normalized spacial score (nSPS) is 12.8. The minimum Gasteiger partial charge on any atom is -0.466 e. The predicted octanol–water partition coefficient (Wildman–Crippen LogP) is 13.4. The van der Waals surface area contributed by atoms with Crippen LogP contribution in [0.1, 0.15) is 251 Å². The Morgan fingerprint density at radius 2 is 0.868 bits per heavy atom. The molecule has 0 radical (unpaired) electrons. The molecule has 0 aromatic heterocycles. The number of rotatable bonds is 43. The van der Waals surface area contributed by atoms with Gasteiger partial charge in [-0.15, -0.1) is 0 Å². The van der Waals surface area contributed by atoms with Crippen molar-refractivity contribution in [2.45, 2.75) is 264 Å². The number of amides is 1. The zero-order chi connectivity index (χ0) is 38.7. The molecule has 0 aliphatic carbocycles. The maximum Gasteiger partial charge on any atom is 0.305 e. The zero-order valence-electron chi connectivity index (χ0n) is 35.5. The van der Waals surface area contributed by atoms with Crippen molar-refractivity contribution < 1.29 is 24.5 Å². The number of aliphatic hydroxyl groups is 2. The third-order valence-electron chi connectivity index (χ3n) is 10.8. The second kappa shape index (κ2) is 43.3. The number of hydrogen-bond donors (Lipinski definition) is 3. The Bertz CT molecular complexity index is 787. The van der Waals surface area contributed by atoms with Gasteiger partial charge in [-0.1, -0.05) is 219 Å². The van der Waals surface area contributed by atoms with Gasteiger partial charge in [-0.25, -0.2) is 0 Å². The Morgan fingerprint density at radius 1 is 0.509 bits per heavy atom. The number of allylic oxidation sites excluding steroid dienone is 1. The van der Waals surface area contributed by atoms with Crippen molar-refractivity contribution in [3.63, 3.8) is 0 Å². The van der Waals surface area contributed by atoms with E-state index < -0.39 is 12.1 Å². The van der Waals surface area contributed by atoms with Crippen LogP contribution in [0.4, 0.5) is 0 Å². The molecule has 0 aliphatic heterocycles. The summed E-state index contributed by atoms with van der Waals surface area (Å²) in [6.07, 6.45) is 47.7. The molecule has 0 aromatic rings. The molecule has 6 heteroatoms. The van der Waals surface area contributed by atoms with E-state index in [-0.39, 0.29) is 18.5 Å². The minimum atomic E-state index is -0.856. The van der Waals surface area contributed by atoms with Gasteiger partial charge < -0.3 is 20.3 Å². The van der Waals surface area contributed by atoms with E-state index in [4.69, 9.17) is 4.74 Å². The molecule has 6 nitrogen and oxygen atoms in total. The first-order valence-electron chi connectivity index (χ1n) is 23.5. The third kappa shape index (κ3) is 40.1. The van der Waals surface area contributed by atoms with Crippen LogP contribution in [0, 0.1) is 0 Å². The molecule has 0 saturated carbocycles. The summed E-state index contributed by atoms with van der Waals surface area (Å²) in [7, 11) is 0. The van der Waals surface area contributed by atoms with E-state index in [0.29, 0.717) is 19.4 Å². The summed E-state index contributed by atoms with van der Waals surface area (Å²) >= 11 is 0. The maximum atomic E-state index is 12.4. The summed E-state index contributed by atoms with van der Waals surface area (Å²) in [6, 6.07) is -0.641. The SMILES string of the molecule is CCCCCCCCCCCC/C=C/C(O)C(CO)NC(=O)CCCCCCCCCCCCOC(=O)CCCCCCCCCCCCCCCC. The van der Waals surface area contributed by atoms with Gasteiger partial charge >= 0.3 is 5.97 Å². The van der Waals surface area contributed by atoms with Crippen LogP contribution in [0.5, 0.6) is 0 Å². The number of ether oxygens (including phenoxy) is 1. The highest BCUT2D eigenvalue weighted by Gasteiger charge is 2.18. The van der Waals surface area contributed by atoms with Gasteiger partial charge in [0.2, 0.25) is 5.91 Å². The lowest BCUT2D eigenvalue weighted by molar-refractivity contribution is -0.143. The van der Waals surface area contributed by atoms with Gasteiger partial charge in [-0.3, -0.25) is 9.59 Å². The standard InChI is InChI=1S/C47H91NO5/c1-3-5-7-9-11-13-15-17-18-20-25-29-33-37-41-47(52)53-42-38-34-30-26-22-21-24-28-32-36-40-46(51)48-44(43-49)45(50)39-35-31-27-23-19-16-14-12-10-8-6-4-2/h35,39,44-45,49-50H,3-34,36-38,40-43H2,1-2H3,(H,48,51)/b39-35+. The van der Waals surface area contributed by atoms with Gasteiger partial charge in [-0.2, -0.15) is 0 Å². The second-order valence-electron chi connectivity index (χ2n) is 16.1. The fraction of sp³-hybridized carbons (Fsp3) is 0.915. The Kier molecular flexibility index (Phi) is 42.2. The van der Waals surface area contributed by atoms with Gasteiger partial charge in [0.25, 0.3) is 0 Å². The van der Waals surface area contributed by atoms with E-state index in [9.17, 15) is 19.8 Å². The molecule has 0 saturated heterocycles. The van der Waals surface area contributed by atoms with Gasteiger partial charge in [0.05, 0.1) is 25.4 Å². The van der Waals surface area contributed by atoms with Crippen LogP contribution in [0.25, 0.3) is 0 Å². The van der Waals surface area contributed by atoms with E-state index in [1.54, 1.807) is 6.08 Å². The number of hydrogen-bond acceptors (Lipinski definition) is 5. The number of carbonyl (C=O) groups is 2. The first-order chi connectivity index (χ1) is 26.0. The number of esters is 1. The van der Waals surface area contributed by atoms with E-state index in [1.165, 1.54) is 167 Å². The molecular formula is C47H91NO5. The fourth-order valence-corrected chi connectivity index (χ4v) is 7.16. The number of nitrogens with one attached hydrogen (secondary N) is 1. The quantitative estimate of drug-likeness (QED) is 0.0328. The van der Waals surface area contributed by atoms with Crippen molar-refractivity contribution in [1.29, 1.82) is 0 Å². The molecule has 2 atom stereocenters. The lowest BCUT2D eigenvalue weighted by Gasteiger charge is -2.20. The van der Waals surface area contributed by atoms with Gasteiger partial charge in [0.15, 0.2) is 0 Å². The molecule has 0 heterocycles. The second-order valence-corrected chi connectivity index (χ2v) is 16.1. The van der Waals surface area contributed by atoms with Crippen molar-refractivity contribution in [1.82, 2.24) is 5.32 Å². The number of aliphatic hydroxyl groups excluding tert-OH is 2. The Labute approximate surface area is 329 Å². The van der Waals surface area contributed by atoms with Crippen molar-refractivity contribution in [2.75, 3.05) is 13.2 Å². The minimum absolute atomic E-state index is 0.0191. The largest absolute Gasteiger partial charge is 0.466 e. The van der Waals surface area contributed by atoms with Crippen LogP contribution in [-0.2, 0) is 14.3 Å². The lowest BCUT2D eigenvalue weighted by atomic mass is 10.0. The zero-order valence-corrected chi connectivity index (χ0v) is 35.5. The van der Waals surface area contributed by atoms with Crippen LogP contribution in [0.15, 0.2) is 12.2 Å². The van der Waals surface area contributed by atoms with Crippen LogP contribution in [0.2, 0.25) is 0 Å². The van der Waals surface area contributed by atoms with Gasteiger partial charge in [-0.05, 0) is 32.1 Å². The number of carbonyl (C=O) groups excluding carboxylic acids is 2. The van der Waals surface area contributed by atoms with Gasteiger partial charge in [0.1, 0.15) is 0 Å². The molecule has 0 rings (SSSR count). The highest BCUT2D eigenvalue weighted by atomic mass is 16.5. The molecular weight excluding hydrogens is 659 g/mol. The Hall–Kier alpha value is -1.40. The molecule has 0 bridgehead atoms. The van der Waals surface area contributed by atoms with Crippen LogP contribution < -0.4 is 5.32 Å². The number of unbranched alkanes of at least 4 members (excludes halogenated alkanes) is 32. The Morgan fingerprint density at radius 3 is 1.28 bits per heavy atom.